The molecule has 18 heavy (non-hydrogen) atoms. The molecule has 0 aliphatic heterocycles. The van der Waals surface area contributed by atoms with Gasteiger partial charge in [0.25, 0.3) is 0 Å². The van der Waals surface area contributed by atoms with Crippen LogP contribution < -0.4 is 5.32 Å². The fourth-order valence-corrected chi connectivity index (χ4v) is 2.81. The van der Waals surface area contributed by atoms with Crippen molar-refractivity contribution in [3.8, 4) is 6.07 Å². The van der Waals surface area contributed by atoms with Gasteiger partial charge in [0.05, 0.1) is 12.0 Å². The lowest BCUT2D eigenvalue weighted by Crippen LogP contribution is -2.31. The molecule has 1 aliphatic rings. The molecule has 0 saturated heterocycles. The van der Waals surface area contributed by atoms with E-state index in [1.165, 1.54) is 28.7 Å². The molecule has 0 amide bonds. The van der Waals surface area contributed by atoms with Crippen molar-refractivity contribution < 1.29 is 0 Å². The van der Waals surface area contributed by atoms with Crippen molar-refractivity contribution in [3.63, 3.8) is 0 Å². The van der Waals surface area contributed by atoms with Gasteiger partial charge in [0.2, 0.25) is 0 Å². The summed E-state index contributed by atoms with van der Waals surface area (Å²) in [5, 5.41) is 12.6. The number of nitriles is 1. The van der Waals surface area contributed by atoms with Crippen LogP contribution in [0.4, 0.5) is 0 Å². The molecule has 1 aliphatic carbocycles. The summed E-state index contributed by atoms with van der Waals surface area (Å²) in [5.74, 6) is 0.205. The number of hydrogen-bond acceptors (Lipinski definition) is 2. The third-order valence-electron chi connectivity index (χ3n) is 4.19. The van der Waals surface area contributed by atoms with Gasteiger partial charge in [0.1, 0.15) is 0 Å². The molecule has 2 atom stereocenters. The smallest absolute Gasteiger partial charge is 0.0672 e. The first-order chi connectivity index (χ1) is 8.61. The molecule has 1 saturated carbocycles. The maximum absolute atomic E-state index is 9.08. The number of benzene rings is 1. The Morgan fingerprint density at radius 1 is 1.17 bits per heavy atom. The summed E-state index contributed by atoms with van der Waals surface area (Å²) in [6.07, 6.45) is 3.38. The second-order valence-electron chi connectivity index (χ2n) is 5.52. The highest BCUT2D eigenvalue weighted by molar-refractivity contribution is 5.36. The molecule has 1 N–H and O–H groups in total. The molecular weight excluding hydrogens is 220 g/mol. The maximum atomic E-state index is 9.08. The summed E-state index contributed by atoms with van der Waals surface area (Å²) < 4.78 is 0. The van der Waals surface area contributed by atoms with Crippen molar-refractivity contribution >= 4 is 0 Å². The zero-order valence-electron chi connectivity index (χ0n) is 11.6. The van der Waals surface area contributed by atoms with Gasteiger partial charge in [-0.15, -0.1) is 0 Å². The van der Waals surface area contributed by atoms with Crippen LogP contribution in [0.3, 0.4) is 0 Å². The lowest BCUT2D eigenvalue weighted by Gasteiger charge is -2.17. The molecule has 0 radical (unpaired) electrons. The molecule has 0 aromatic heterocycles. The average Bonchev–Trinajstić information content (AvgIpc) is 2.79. The monoisotopic (exact) mass is 242 g/mol. The van der Waals surface area contributed by atoms with E-state index in [-0.39, 0.29) is 5.92 Å². The van der Waals surface area contributed by atoms with E-state index in [1.54, 1.807) is 0 Å². The topological polar surface area (TPSA) is 35.8 Å². The van der Waals surface area contributed by atoms with Crippen molar-refractivity contribution in [2.45, 2.75) is 52.6 Å². The second kappa shape index (κ2) is 5.54. The summed E-state index contributed by atoms with van der Waals surface area (Å²) in [6.45, 7) is 7.36. The number of nitrogens with zero attached hydrogens (tertiary/aromatic N) is 1. The number of aryl methyl sites for hydroxylation is 3. The fraction of sp³-hybridized carbons (Fsp3) is 0.562. The summed E-state index contributed by atoms with van der Waals surface area (Å²) in [7, 11) is 0. The van der Waals surface area contributed by atoms with Crippen LogP contribution in [-0.2, 0) is 6.54 Å². The van der Waals surface area contributed by atoms with Gasteiger partial charge in [0, 0.05) is 12.6 Å². The number of nitrogens with one attached hydrogen (secondary N) is 1. The highest BCUT2D eigenvalue weighted by atomic mass is 14.9. The van der Waals surface area contributed by atoms with E-state index in [0.29, 0.717) is 6.04 Å². The van der Waals surface area contributed by atoms with Gasteiger partial charge < -0.3 is 5.32 Å². The number of rotatable bonds is 3. The molecule has 2 heteroatoms. The van der Waals surface area contributed by atoms with Crippen LogP contribution in [0.2, 0.25) is 0 Å². The molecule has 0 bridgehead atoms. The van der Waals surface area contributed by atoms with E-state index < -0.39 is 0 Å². The minimum atomic E-state index is 0.205. The van der Waals surface area contributed by atoms with Crippen LogP contribution in [0.15, 0.2) is 12.1 Å². The predicted molar refractivity (Wildman–Crippen MR) is 74.2 cm³/mol. The highest BCUT2D eigenvalue weighted by Gasteiger charge is 2.26. The first-order valence-electron chi connectivity index (χ1n) is 6.81. The Kier molecular flexibility index (Phi) is 4.04. The van der Waals surface area contributed by atoms with Gasteiger partial charge in [-0.05, 0) is 55.9 Å². The van der Waals surface area contributed by atoms with Crippen molar-refractivity contribution in [2.75, 3.05) is 0 Å². The van der Waals surface area contributed by atoms with Gasteiger partial charge >= 0.3 is 0 Å². The van der Waals surface area contributed by atoms with Gasteiger partial charge in [0.15, 0.2) is 0 Å². The zero-order chi connectivity index (χ0) is 13.1. The molecule has 1 aromatic carbocycles. The van der Waals surface area contributed by atoms with E-state index in [4.69, 9.17) is 5.26 Å². The molecule has 2 unspecified atom stereocenters. The van der Waals surface area contributed by atoms with Crippen LogP contribution in [-0.4, -0.2) is 6.04 Å². The van der Waals surface area contributed by atoms with Gasteiger partial charge in [-0.1, -0.05) is 18.6 Å². The SMILES string of the molecule is Cc1cc(C)c(CNC2CCCC2C#N)cc1C. The summed E-state index contributed by atoms with van der Waals surface area (Å²) in [4.78, 5) is 0. The largest absolute Gasteiger partial charge is 0.309 e. The molecule has 1 fully saturated rings. The standard InChI is InChI=1S/C16H22N2/c1-11-7-13(3)15(8-12(11)2)10-18-16-6-4-5-14(16)9-17/h7-8,14,16,18H,4-6,10H2,1-3H3. The Hall–Kier alpha value is -1.33. The third-order valence-corrected chi connectivity index (χ3v) is 4.19. The number of hydrogen-bond donors (Lipinski definition) is 1. The van der Waals surface area contributed by atoms with Gasteiger partial charge in [-0.2, -0.15) is 5.26 Å². The maximum Gasteiger partial charge on any atom is 0.0672 e. The predicted octanol–water partition coefficient (Wildman–Crippen LogP) is 3.39. The highest BCUT2D eigenvalue weighted by Crippen LogP contribution is 2.25. The van der Waals surface area contributed by atoms with Crippen LogP contribution in [0, 0.1) is 38.0 Å². The summed E-state index contributed by atoms with van der Waals surface area (Å²) in [6, 6.07) is 7.33. The van der Waals surface area contributed by atoms with Gasteiger partial charge in [-0.3, -0.25) is 0 Å². The van der Waals surface area contributed by atoms with Crippen LogP contribution in [0.5, 0.6) is 0 Å². The first kappa shape index (κ1) is 13.1. The Morgan fingerprint density at radius 2 is 1.89 bits per heavy atom. The molecule has 0 spiro atoms. The van der Waals surface area contributed by atoms with Gasteiger partial charge in [-0.25, -0.2) is 0 Å². The Bertz CT molecular complexity index is 471. The first-order valence-corrected chi connectivity index (χ1v) is 6.81. The minimum absolute atomic E-state index is 0.205. The summed E-state index contributed by atoms with van der Waals surface area (Å²) in [5.41, 5.74) is 5.41. The Morgan fingerprint density at radius 3 is 2.61 bits per heavy atom. The quantitative estimate of drug-likeness (QED) is 0.882. The molecule has 96 valence electrons. The molecule has 0 heterocycles. The normalized spacial score (nSPS) is 23.0. The Balaban J connectivity index is 2.02. The van der Waals surface area contributed by atoms with E-state index in [1.807, 2.05) is 0 Å². The zero-order valence-corrected chi connectivity index (χ0v) is 11.6. The van der Waals surface area contributed by atoms with Crippen LogP contribution >= 0.6 is 0 Å². The molecule has 2 rings (SSSR count). The van der Waals surface area contributed by atoms with E-state index in [9.17, 15) is 0 Å². The average molecular weight is 242 g/mol. The summed E-state index contributed by atoms with van der Waals surface area (Å²) >= 11 is 0. The van der Waals surface area contributed by atoms with E-state index in [2.05, 4.69) is 44.3 Å². The van der Waals surface area contributed by atoms with Crippen molar-refractivity contribution in [2.24, 2.45) is 5.92 Å². The van der Waals surface area contributed by atoms with Crippen LogP contribution in [0.25, 0.3) is 0 Å². The van der Waals surface area contributed by atoms with Crippen molar-refractivity contribution in [1.29, 1.82) is 5.26 Å². The third kappa shape index (κ3) is 2.73. The van der Waals surface area contributed by atoms with Crippen molar-refractivity contribution in [3.05, 3.63) is 34.4 Å². The van der Waals surface area contributed by atoms with E-state index in [0.717, 1.165) is 19.4 Å². The Labute approximate surface area is 110 Å². The second-order valence-corrected chi connectivity index (χ2v) is 5.52. The lowest BCUT2D eigenvalue weighted by molar-refractivity contribution is 0.464. The lowest BCUT2D eigenvalue weighted by atomic mass is 10.00. The molecular formula is C16H22N2. The minimum Gasteiger partial charge on any atom is -0.309 e. The fourth-order valence-electron chi connectivity index (χ4n) is 2.81. The van der Waals surface area contributed by atoms with Crippen molar-refractivity contribution in [1.82, 2.24) is 5.32 Å². The van der Waals surface area contributed by atoms with E-state index >= 15 is 0 Å². The van der Waals surface area contributed by atoms with Crippen LogP contribution in [0.1, 0.15) is 41.5 Å². The molecule has 1 aromatic rings. The molecule has 2 nitrogen and oxygen atoms in total.